The van der Waals surface area contributed by atoms with E-state index < -0.39 is 59.5 Å². The molecule has 2 aromatic carbocycles. The molecule has 13 heteroatoms. The van der Waals surface area contributed by atoms with Gasteiger partial charge in [0.1, 0.15) is 12.0 Å². The van der Waals surface area contributed by atoms with E-state index in [9.17, 15) is 14.4 Å². The van der Waals surface area contributed by atoms with Crippen molar-refractivity contribution in [3.8, 4) is 27.3 Å². The minimum atomic E-state index is -3.46. The van der Waals surface area contributed by atoms with Crippen LogP contribution in [0.15, 0.2) is 70.5 Å². The first kappa shape index (κ1) is 28.4. The Morgan fingerprint density at radius 1 is 1.04 bits per heavy atom. The number of thiophene rings is 1. The van der Waals surface area contributed by atoms with Crippen molar-refractivity contribution in [2.45, 2.75) is 37.8 Å². The maximum atomic E-state index is 15.9. The summed E-state index contributed by atoms with van der Waals surface area (Å²) in [6.07, 6.45) is 0.257. The highest BCUT2D eigenvalue weighted by Gasteiger charge is 2.50. The maximum absolute atomic E-state index is 15.9. The number of morpholine rings is 1. The molecule has 0 spiro atoms. The molecule has 3 aliphatic heterocycles. The number of carbonyl (C=O) groups is 2. The van der Waals surface area contributed by atoms with Crippen LogP contribution in [-0.2, 0) is 26.6 Å². The second kappa shape index (κ2) is 9.81. The highest BCUT2D eigenvalue weighted by atomic mass is 32.1. The van der Waals surface area contributed by atoms with Gasteiger partial charge in [-0.1, -0.05) is 30.3 Å². The molecular formula is C34H24F3N3O6S. The van der Waals surface area contributed by atoms with Gasteiger partial charge in [-0.3, -0.25) is 19.3 Å². The third-order valence-electron chi connectivity index (χ3n) is 9.46. The molecule has 1 saturated heterocycles. The van der Waals surface area contributed by atoms with E-state index >= 15 is 13.2 Å². The fourth-order valence-electron chi connectivity index (χ4n) is 7.48. The summed E-state index contributed by atoms with van der Waals surface area (Å²) in [5, 5.41) is 3.54. The Labute approximate surface area is 269 Å². The van der Waals surface area contributed by atoms with Crippen LogP contribution in [0.25, 0.3) is 21.6 Å². The first-order valence-corrected chi connectivity index (χ1v) is 15.9. The number of aromatic nitrogens is 1. The van der Waals surface area contributed by atoms with Crippen molar-refractivity contribution in [2.75, 3.05) is 24.8 Å². The van der Waals surface area contributed by atoms with Gasteiger partial charge in [-0.2, -0.15) is 0 Å². The van der Waals surface area contributed by atoms with Crippen LogP contribution in [0.4, 0.5) is 13.2 Å². The zero-order valence-electron chi connectivity index (χ0n) is 24.7. The van der Waals surface area contributed by atoms with Gasteiger partial charge in [0, 0.05) is 52.9 Å². The lowest BCUT2D eigenvalue weighted by Gasteiger charge is -2.51. The Kier molecular flexibility index (Phi) is 5.92. The van der Waals surface area contributed by atoms with Gasteiger partial charge in [0.15, 0.2) is 5.69 Å². The molecule has 5 aliphatic rings. The molecule has 0 N–H and O–H groups in total. The van der Waals surface area contributed by atoms with Crippen LogP contribution in [0, 0.1) is 5.82 Å². The minimum absolute atomic E-state index is 0.0704. The third-order valence-corrected chi connectivity index (χ3v) is 10.5. The first-order valence-electron chi connectivity index (χ1n) is 15.0. The molecule has 2 aliphatic carbocycles. The Hall–Kier alpha value is -4.88. The molecule has 3 atom stereocenters. The summed E-state index contributed by atoms with van der Waals surface area (Å²) in [7, 11) is 0. The summed E-state index contributed by atoms with van der Waals surface area (Å²) < 4.78 is 65.9. The third kappa shape index (κ3) is 3.89. The normalized spacial score (nSPS) is 23.2. The molecule has 47 heavy (non-hydrogen) atoms. The van der Waals surface area contributed by atoms with Gasteiger partial charge in [0.05, 0.1) is 24.8 Å². The van der Waals surface area contributed by atoms with E-state index in [1.165, 1.54) is 40.4 Å². The van der Waals surface area contributed by atoms with E-state index in [1.54, 1.807) is 17.2 Å². The van der Waals surface area contributed by atoms with Crippen molar-refractivity contribution >= 4 is 23.2 Å². The van der Waals surface area contributed by atoms with Crippen LogP contribution in [0.1, 0.15) is 45.7 Å². The topological polar surface area (TPSA) is 90.3 Å². The second-order valence-electron chi connectivity index (χ2n) is 12.1. The van der Waals surface area contributed by atoms with Crippen LogP contribution in [-0.4, -0.2) is 53.7 Å². The standard InChI is InChI=1S/C34H24F3N3O6S/c1-16-12-24(46-33(16)43)45-30-22(41)8-9-39-29(30)32(42)38-10-11-44-14-23(38)40(39)28-18-4-2-3-5-19(18)31-25-17(15-47-31)13-34(36,37)27-21(35)7-6-20(28)26(25)27/h2-9,12,15,23-24,28H,10-11,13-14H2,1H3. The van der Waals surface area contributed by atoms with E-state index in [0.717, 1.165) is 22.1 Å². The second-order valence-corrected chi connectivity index (χ2v) is 13.0. The van der Waals surface area contributed by atoms with Gasteiger partial charge >= 0.3 is 5.97 Å². The van der Waals surface area contributed by atoms with E-state index in [0.29, 0.717) is 22.3 Å². The minimum Gasteiger partial charge on any atom is -0.444 e. The Balaban J connectivity index is 1.34. The summed E-state index contributed by atoms with van der Waals surface area (Å²) in [6, 6.07) is 10.5. The Morgan fingerprint density at radius 2 is 1.87 bits per heavy atom. The number of benzene rings is 2. The van der Waals surface area contributed by atoms with Crippen LogP contribution in [0.5, 0.6) is 5.75 Å². The molecule has 2 aromatic heterocycles. The fourth-order valence-corrected chi connectivity index (χ4v) is 8.60. The largest absolute Gasteiger partial charge is 0.444 e. The van der Waals surface area contributed by atoms with Crippen LogP contribution < -0.4 is 15.2 Å². The Morgan fingerprint density at radius 3 is 2.68 bits per heavy atom. The van der Waals surface area contributed by atoms with Crippen LogP contribution in [0.2, 0.25) is 0 Å². The van der Waals surface area contributed by atoms with E-state index in [-0.39, 0.29) is 36.8 Å². The predicted molar refractivity (Wildman–Crippen MR) is 163 cm³/mol. The number of amides is 1. The number of halogens is 3. The quantitative estimate of drug-likeness (QED) is 0.283. The summed E-state index contributed by atoms with van der Waals surface area (Å²) in [5.41, 5.74) is 2.00. The molecule has 1 fully saturated rings. The molecule has 3 unspecified atom stereocenters. The lowest BCUT2D eigenvalue weighted by Crippen LogP contribution is -2.66. The summed E-state index contributed by atoms with van der Waals surface area (Å²) in [4.78, 5) is 42.0. The molecular weight excluding hydrogens is 635 g/mol. The SMILES string of the molecule is CC1=CC(Oc2c3n(ccc2=O)N(C2c4ccccc4-c4scc5c4-c4c2ccc(F)c4C(F)(F)C5)C2COCCN2C3=O)OC1=O. The van der Waals surface area contributed by atoms with Crippen molar-refractivity contribution in [3.63, 3.8) is 0 Å². The molecule has 238 valence electrons. The van der Waals surface area contributed by atoms with Crippen LogP contribution in [0.3, 0.4) is 0 Å². The van der Waals surface area contributed by atoms with Crippen molar-refractivity contribution in [1.82, 2.24) is 9.58 Å². The summed E-state index contributed by atoms with van der Waals surface area (Å²) in [6.45, 7) is 2.02. The molecule has 0 saturated carbocycles. The van der Waals surface area contributed by atoms with Gasteiger partial charge in [-0.25, -0.2) is 18.0 Å². The highest BCUT2D eigenvalue weighted by molar-refractivity contribution is 7.14. The smallest absolute Gasteiger partial charge is 0.336 e. The number of ether oxygens (including phenoxy) is 3. The number of nitrogens with zero attached hydrogens (tertiary/aromatic N) is 3. The van der Waals surface area contributed by atoms with Crippen molar-refractivity contribution in [2.24, 2.45) is 0 Å². The summed E-state index contributed by atoms with van der Waals surface area (Å²) in [5.74, 6) is -5.91. The number of carbonyl (C=O) groups excluding carboxylic acids is 2. The number of rotatable bonds is 3. The number of cyclic esters (lactones) is 1. The van der Waals surface area contributed by atoms with E-state index in [1.807, 2.05) is 29.3 Å². The number of fused-ring (bicyclic) bond motifs is 4. The van der Waals surface area contributed by atoms with Crippen molar-refractivity contribution in [3.05, 3.63) is 110 Å². The van der Waals surface area contributed by atoms with Gasteiger partial charge in [-0.05, 0) is 40.6 Å². The van der Waals surface area contributed by atoms with Crippen molar-refractivity contribution < 1.29 is 37.0 Å². The Bertz CT molecular complexity index is 2160. The zero-order valence-corrected chi connectivity index (χ0v) is 25.5. The average Bonchev–Trinajstić information content (AvgIpc) is 3.58. The lowest BCUT2D eigenvalue weighted by atomic mass is 9.80. The molecule has 9 nitrogen and oxygen atoms in total. The van der Waals surface area contributed by atoms with Gasteiger partial charge < -0.3 is 19.1 Å². The summed E-state index contributed by atoms with van der Waals surface area (Å²) >= 11 is 1.34. The molecule has 5 heterocycles. The molecule has 0 radical (unpaired) electrons. The maximum Gasteiger partial charge on any atom is 0.336 e. The average molecular weight is 660 g/mol. The molecule has 9 rings (SSSR count). The number of pyridine rings is 1. The number of esters is 1. The predicted octanol–water partition coefficient (Wildman–Crippen LogP) is 5.09. The highest BCUT2D eigenvalue weighted by Crippen LogP contribution is 2.58. The molecule has 4 aromatic rings. The van der Waals surface area contributed by atoms with Crippen molar-refractivity contribution in [1.29, 1.82) is 0 Å². The van der Waals surface area contributed by atoms with Gasteiger partial charge in [-0.15, -0.1) is 11.3 Å². The van der Waals surface area contributed by atoms with E-state index in [2.05, 4.69) is 0 Å². The number of hydrogen-bond acceptors (Lipinski definition) is 8. The van der Waals surface area contributed by atoms with Crippen LogP contribution >= 0.6 is 11.3 Å². The molecule has 1 amide bonds. The first-order chi connectivity index (χ1) is 22.6. The van der Waals surface area contributed by atoms with Gasteiger partial charge in [0.2, 0.25) is 11.2 Å². The lowest BCUT2D eigenvalue weighted by molar-refractivity contribution is -0.148. The number of alkyl halides is 2. The number of hydrogen-bond donors (Lipinski definition) is 0. The van der Waals surface area contributed by atoms with Gasteiger partial charge in [0.25, 0.3) is 18.1 Å². The monoisotopic (exact) mass is 659 g/mol. The fraction of sp³-hybridized carbons (Fsp3) is 0.265. The van der Waals surface area contributed by atoms with E-state index in [4.69, 9.17) is 14.2 Å². The zero-order chi connectivity index (χ0) is 32.4. The molecule has 0 bridgehead atoms.